The summed E-state index contributed by atoms with van der Waals surface area (Å²) in [7, 11) is 1.47. The van der Waals surface area contributed by atoms with Crippen LogP contribution in [-0.4, -0.2) is 31.8 Å². The van der Waals surface area contributed by atoms with Gasteiger partial charge in [-0.25, -0.2) is 0 Å². The lowest BCUT2D eigenvalue weighted by molar-refractivity contribution is 0.0563. The molecule has 1 N–H and O–H groups in total. The van der Waals surface area contributed by atoms with Crippen molar-refractivity contribution in [1.82, 2.24) is 0 Å². The Labute approximate surface area is 42.6 Å². The third-order valence-corrected chi connectivity index (χ3v) is 0.632. The average Bonchev–Trinajstić information content (AvgIpc) is 1.72. The first-order chi connectivity index (χ1) is 3.35. The molecule has 0 radical (unpaired) electrons. The number of aliphatic hydroxyl groups is 1. The zero-order valence-corrected chi connectivity index (χ0v) is 4.29. The van der Waals surface area contributed by atoms with Crippen molar-refractivity contribution in [1.29, 1.82) is 0 Å². The van der Waals surface area contributed by atoms with Gasteiger partial charge in [-0.3, -0.25) is 4.99 Å². The molecule has 1 atom stereocenters. The molecule has 0 aromatic carbocycles. The van der Waals surface area contributed by atoms with Crippen molar-refractivity contribution in [2.24, 2.45) is 4.99 Å². The molecule has 0 aliphatic heterocycles. The van der Waals surface area contributed by atoms with E-state index in [4.69, 9.17) is 5.11 Å². The van der Waals surface area contributed by atoms with E-state index < -0.39 is 6.23 Å². The third kappa shape index (κ3) is 2.31. The minimum absolute atomic E-state index is 0.0972. The summed E-state index contributed by atoms with van der Waals surface area (Å²) in [6, 6.07) is 0. The molecule has 0 rings (SSSR count). The van der Waals surface area contributed by atoms with Gasteiger partial charge in [0.25, 0.3) is 0 Å². The second kappa shape index (κ2) is 3.77. The number of methoxy groups -OCH3 is 1. The lowest BCUT2D eigenvalue weighted by atomic mass is 10.6. The second-order valence-electron chi connectivity index (χ2n) is 1.06. The van der Waals surface area contributed by atoms with Crippen LogP contribution in [0, 0.1) is 0 Å². The summed E-state index contributed by atoms with van der Waals surface area (Å²) in [6.45, 7) is 3.07. The molecule has 0 saturated heterocycles. The number of aliphatic hydroxyl groups excluding tert-OH is 1. The molecule has 0 aromatic heterocycles. The van der Waals surface area contributed by atoms with E-state index in [0.29, 0.717) is 0 Å². The molecule has 7 heavy (non-hydrogen) atoms. The molecule has 0 aliphatic carbocycles. The maximum atomic E-state index is 8.27. The molecule has 0 fully saturated rings. The Bertz CT molecular complexity index is 51.7. The molecule has 3 heteroatoms. The average molecular weight is 103 g/mol. The van der Waals surface area contributed by atoms with Crippen molar-refractivity contribution >= 4 is 6.72 Å². The highest BCUT2D eigenvalue weighted by atomic mass is 16.5. The van der Waals surface area contributed by atoms with E-state index in [1.165, 1.54) is 7.11 Å². The summed E-state index contributed by atoms with van der Waals surface area (Å²) in [5.41, 5.74) is 0. The lowest BCUT2D eigenvalue weighted by Crippen LogP contribution is -2.10. The monoisotopic (exact) mass is 103 g/mol. The molecule has 0 spiro atoms. The molecule has 3 nitrogen and oxygen atoms in total. The van der Waals surface area contributed by atoms with Crippen LogP contribution in [0.5, 0.6) is 0 Å². The van der Waals surface area contributed by atoms with Gasteiger partial charge >= 0.3 is 0 Å². The maximum Gasteiger partial charge on any atom is 0.170 e. The molecule has 0 heterocycles. The molecular weight excluding hydrogens is 94.0 g/mol. The van der Waals surface area contributed by atoms with Gasteiger partial charge < -0.3 is 9.84 Å². The van der Waals surface area contributed by atoms with E-state index >= 15 is 0 Å². The van der Waals surface area contributed by atoms with Gasteiger partial charge in [-0.15, -0.1) is 0 Å². The Hall–Kier alpha value is -0.410. The number of hydrogen-bond acceptors (Lipinski definition) is 3. The van der Waals surface area contributed by atoms with Gasteiger partial charge in [0, 0.05) is 7.11 Å². The van der Waals surface area contributed by atoms with Crippen LogP contribution in [0.25, 0.3) is 0 Å². The molecule has 0 amide bonds. The number of hydrogen-bond donors (Lipinski definition) is 1. The fourth-order valence-electron chi connectivity index (χ4n) is 0.207. The highest BCUT2D eigenvalue weighted by molar-refractivity contribution is 5.23. The Morgan fingerprint density at radius 2 is 2.57 bits per heavy atom. The molecule has 1 unspecified atom stereocenters. The Balaban J connectivity index is 3.16. The van der Waals surface area contributed by atoms with Gasteiger partial charge in [0.2, 0.25) is 0 Å². The quantitative estimate of drug-likeness (QED) is 0.496. The Kier molecular flexibility index (Phi) is 3.55. The van der Waals surface area contributed by atoms with E-state index in [1.807, 2.05) is 0 Å². The molecule has 0 bridgehead atoms. The van der Waals surface area contributed by atoms with Crippen molar-refractivity contribution in [3.63, 3.8) is 0 Å². The van der Waals surface area contributed by atoms with Gasteiger partial charge in [-0.1, -0.05) is 0 Å². The van der Waals surface area contributed by atoms with Crippen LogP contribution in [-0.2, 0) is 4.74 Å². The van der Waals surface area contributed by atoms with Gasteiger partial charge in [-0.05, 0) is 6.72 Å². The van der Waals surface area contributed by atoms with E-state index in [9.17, 15) is 0 Å². The molecule has 0 aromatic rings. The van der Waals surface area contributed by atoms with Gasteiger partial charge in [0.15, 0.2) is 6.23 Å². The van der Waals surface area contributed by atoms with Crippen molar-refractivity contribution in [2.75, 3.05) is 13.7 Å². The third-order valence-electron chi connectivity index (χ3n) is 0.632. The summed E-state index contributed by atoms with van der Waals surface area (Å²) >= 11 is 0. The van der Waals surface area contributed by atoms with Crippen LogP contribution in [0.2, 0.25) is 0 Å². The smallest absolute Gasteiger partial charge is 0.170 e. The maximum absolute atomic E-state index is 8.27. The zero-order chi connectivity index (χ0) is 5.70. The van der Waals surface area contributed by atoms with Crippen molar-refractivity contribution in [3.8, 4) is 0 Å². The highest BCUT2D eigenvalue weighted by Gasteiger charge is 1.95. The summed E-state index contributed by atoms with van der Waals surface area (Å²) in [6.07, 6.45) is -0.444. The molecule has 42 valence electrons. The van der Waals surface area contributed by atoms with E-state index in [-0.39, 0.29) is 6.61 Å². The first-order valence-corrected chi connectivity index (χ1v) is 1.94. The highest BCUT2D eigenvalue weighted by Crippen LogP contribution is 1.84. The van der Waals surface area contributed by atoms with Crippen molar-refractivity contribution < 1.29 is 9.84 Å². The Morgan fingerprint density at radius 1 is 2.00 bits per heavy atom. The summed E-state index contributed by atoms with van der Waals surface area (Å²) < 4.78 is 4.57. The first kappa shape index (κ1) is 6.59. The topological polar surface area (TPSA) is 41.8 Å². The number of aliphatic imine (C=N–C) groups is 1. The summed E-state index contributed by atoms with van der Waals surface area (Å²) in [4.78, 5) is 3.40. The van der Waals surface area contributed by atoms with Gasteiger partial charge in [0.1, 0.15) is 0 Å². The lowest BCUT2D eigenvalue weighted by Gasteiger charge is -2.02. The molecule has 0 saturated carbocycles. The summed E-state index contributed by atoms with van der Waals surface area (Å²) in [5.74, 6) is 0. The summed E-state index contributed by atoms with van der Waals surface area (Å²) in [5, 5.41) is 8.27. The fraction of sp³-hybridized carbons (Fsp3) is 0.750. The van der Waals surface area contributed by atoms with E-state index in [1.54, 1.807) is 0 Å². The van der Waals surface area contributed by atoms with Crippen LogP contribution in [0.1, 0.15) is 0 Å². The van der Waals surface area contributed by atoms with E-state index in [2.05, 4.69) is 16.4 Å². The van der Waals surface area contributed by atoms with Crippen molar-refractivity contribution in [3.05, 3.63) is 0 Å². The fourth-order valence-corrected chi connectivity index (χ4v) is 0.207. The van der Waals surface area contributed by atoms with Crippen LogP contribution in [0.15, 0.2) is 4.99 Å². The second-order valence-corrected chi connectivity index (χ2v) is 1.06. The van der Waals surface area contributed by atoms with Crippen molar-refractivity contribution in [2.45, 2.75) is 6.23 Å². The van der Waals surface area contributed by atoms with Crippen LogP contribution >= 0.6 is 0 Å². The molecular formula is C4H9NO2. The molecule has 0 aliphatic rings. The van der Waals surface area contributed by atoms with E-state index in [0.717, 1.165) is 0 Å². The minimum atomic E-state index is -0.444. The van der Waals surface area contributed by atoms with Crippen LogP contribution in [0.3, 0.4) is 0 Å². The van der Waals surface area contributed by atoms with Gasteiger partial charge in [-0.2, -0.15) is 0 Å². The standard InChI is InChI=1S/C4H9NO2/c1-5-4(3-6)7-2/h4,6H,1,3H2,2H3. The van der Waals surface area contributed by atoms with Crippen LogP contribution in [0.4, 0.5) is 0 Å². The van der Waals surface area contributed by atoms with Crippen LogP contribution < -0.4 is 0 Å². The first-order valence-electron chi connectivity index (χ1n) is 1.94. The normalized spacial score (nSPS) is 13.4. The number of ether oxygens (including phenoxy) is 1. The predicted octanol–water partition coefficient (Wildman–Crippen LogP) is -0.348. The zero-order valence-electron chi connectivity index (χ0n) is 4.29. The largest absolute Gasteiger partial charge is 0.392 e. The Morgan fingerprint density at radius 3 is 2.57 bits per heavy atom. The number of rotatable bonds is 3. The number of nitrogens with zero attached hydrogens (tertiary/aromatic N) is 1. The van der Waals surface area contributed by atoms with Gasteiger partial charge in [0.05, 0.1) is 6.61 Å². The minimum Gasteiger partial charge on any atom is -0.392 e. The SMILES string of the molecule is C=NC(CO)OC. The predicted molar refractivity (Wildman–Crippen MR) is 27.4 cm³/mol.